The van der Waals surface area contributed by atoms with Crippen molar-refractivity contribution in [1.82, 2.24) is 0 Å². The molecule has 1 aliphatic heterocycles. The molecule has 1 amide bonds. The second-order valence-corrected chi connectivity index (χ2v) is 6.10. The Kier molecular flexibility index (Phi) is 3.59. The summed E-state index contributed by atoms with van der Waals surface area (Å²) in [6.07, 6.45) is 0. The van der Waals surface area contributed by atoms with Crippen molar-refractivity contribution in [2.75, 3.05) is 16.8 Å². The molecule has 0 fully saturated rings. The van der Waals surface area contributed by atoms with Gasteiger partial charge in [0.25, 0.3) is 0 Å². The van der Waals surface area contributed by atoms with E-state index in [1.807, 2.05) is 24.3 Å². The van der Waals surface area contributed by atoms with Crippen molar-refractivity contribution in [3.8, 4) is 0 Å². The first-order valence-corrected chi connectivity index (χ1v) is 7.59. The van der Waals surface area contributed by atoms with Crippen LogP contribution >= 0.6 is 23.4 Å². The number of hydrogen-bond acceptors (Lipinski definition) is 3. The Hall–Kier alpha value is -1.65. The monoisotopic (exact) mass is 304 g/mol. The normalized spacial score (nSPS) is 16.8. The summed E-state index contributed by atoms with van der Waals surface area (Å²) < 4.78 is 0. The fraction of sp³-hybridized carbons (Fsp3) is 0.133. The predicted molar refractivity (Wildman–Crippen MR) is 84.4 cm³/mol. The lowest BCUT2D eigenvalue weighted by atomic mass is 10.0. The average Bonchev–Trinajstić information content (AvgIpc) is 2.87. The number of thioether (sulfide) groups is 1. The van der Waals surface area contributed by atoms with E-state index in [4.69, 9.17) is 17.3 Å². The fourth-order valence-corrected chi connectivity index (χ4v) is 3.58. The van der Waals surface area contributed by atoms with Crippen LogP contribution in [0.25, 0.3) is 0 Å². The van der Waals surface area contributed by atoms with Crippen LogP contribution in [0.1, 0.15) is 11.5 Å². The van der Waals surface area contributed by atoms with E-state index in [2.05, 4.69) is 5.32 Å². The number of anilines is 2. The van der Waals surface area contributed by atoms with Crippen molar-refractivity contribution < 1.29 is 4.79 Å². The molecule has 0 saturated heterocycles. The van der Waals surface area contributed by atoms with E-state index in [1.165, 1.54) is 4.90 Å². The van der Waals surface area contributed by atoms with Gasteiger partial charge in [-0.25, -0.2) is 0 Å². The van der Waals surface area contributed by atoms with Gasteiger partial charge in [0, 0.05) is 16.3 Å². The molecule has 0 bridgehead atoms. The molecular weight excluding hydrogens is 292 g/mol. The topological polar surface area (TPSA) is 55.1 Å². The molecule has 3 rings (SSSR count). The number of nitrogens with one attached hydrogen (secondary N) is 1. The number of halogens is 1. The smallest absolute Gasteiger partial charge is 0.232 e. The molecule has 1 unspecified atom stereocenters. The number of fused-ring (bicyclic) bond motifs is 1. The summed E-state index contributed by atoms with van der Waals surface area (Å²) in [5.41, 5.74) is 7.97. The van der Waals surface area contributed by atoms with Gasteiger partial charge in [-0.15, -0.1) is 11.8 Å². The number of carbonyl (C=O) groups excluding carboxylic acids is 1. The number of amides is 1. The van der Waals surface area contributed by atoms with Crippen molar-refractivity contribution in [2.24, 2.45) is 0 Å². The van der Waals surface area contributed by atoms with Crippen molar-refractivity contribution in [3.63, 3.8) is 0 Å². The number of nitrogens with two attached hydrogens (primary N) is 1. The average molecular weight is 305 g/mol. The highest BCUT2D eigenvalue weighted by Crippen LogP contribution is 2.39. The Bertz CT molecular complexity index is 675. The molecule has 3 N–H and O–H groups in total. The molecule has 0 aliphatic carbocycles. The van der Waals surface area contributed by atoms with Gasteiger partial charge in [0.1, 0.15) is 0 Å². The first-order chi connectivity index (χ1) is 9.65. The largest absolute Gasteiger partial charge is 0.397 e. The Balaban J connectivity index is 1.79. The lowest BCUT2D eigenvalue weighted by Crippen LogP contribution is -2.21. The molecular formula is C15H13ClN2OS. The molecule has 102 valence electrons. The zero-order valence-electron chi connectivity index (χ0n) is 10.6. The third-order valence-corrected chi connectivity index (χ3v) is 4.81. The second kappa shape index (κ2) is 5.38. The predicted octanol–water partition coefficient (Wildman–Crippen LogP) is 3.75. The summed E-state index contributed by atoms with van der Waals surface area (Å²) >= 11 is 7.58. The lowest BCUT2D eigenvalue weighted by Gasteiger charge is -2.12. The first-order valence-electron chi connectivity index (χ1n) is 6.23. The van der Waals surface area contributed by atoms with Gasteiger partial charge in [-0.2, -0.15) is 0 Å². The minimum absolute atomic E-state index is 0.0100. The lowest BCUT2D eigenvalue weighted by molar-refractivity contribution is -0.117. The molecule has 1 aliphatic rings. The molecule has 0 saturated carbocycles. The van der Waals surface area contributed by atoms with E-state index in [9.17, 15) is 4.79 Å². The van der Waals surface area contributed by atoms with Crippen LogP contribution < -0.4 is 11.1 Å². The van der Waals surface area contributed by atoms with E-state index >= 15 is 0 Å². The number of carbonyl (C=O) groups is 1. The van der Waals surface area contributed by atoms with Crippen LogP contribution in [0.15, 0.2) is 47.4 Å². The number of rotatable bonds is 2. The molecule has 3 nitrogen and oxygen atoms in total. The third-order valence-electron chi connectivity index (χ3n) is 3.28. The number of hydrogen-bond donors (Lipinski definition) is 2. The standard InChI is InChI=1S/C15H13ClN2OS/c16-12-6-5-9(7-13(12)17)18-15(19)11-8-20-14-4-2-1-3-10(11)14/h1-7,11H,8,17H2,(H,18,19). The van der Waals surface area contributed by atoms with Gasteiger partial charge >= 0.3 is 0 Å². The maximum Gasteiger partial charge on any atom is 0.232 e. The van der Waals surface area contributed by atoms with E-state index in [-0.39, 0.29) is 11.8 Å². The van der Waals surface area contributed by atoms with Gasteiger partial charge in [0.2, 0.25) is 5.91 Å². The van der Waals surface area contributed by atoms with Gasteiger partial charge in [0.15, 0.2) is 0 Å². The van der Waals surface area contributed by atoms with Crippen LogP contribution in [-0.4, -0.2) is 11.7 Å². The molecule has 0 aromatic heterocycles. The number of nitrogen functional groups attached to an aromatic ring is 1. The quantitative estimate of drug-likeness (QED) is 0.831. The van der Waals surface area contributed by atoms with Crippen molar-refractivity contribution >= 4 is 40.6 Å². The highest BCUT2D eigenvalue weighted by molar-refractivity contribution is 7.99. The van der Waals surface area contributed by atoms with Gasteiger partial charge in [-0.1, -0.05) is 29.8 Å². The van der Waals surface area contributed by atoms with Crippen LogP contribution in [0.5, 0.6) is 0 Å². The molecule has 2 aromatic rings. The Morgan fingerprint density at radius 3 is 2.90 bits per heavy atom. The molecule has 1 heterocycles. The van der Waals surface area contributed by atoms with Crippen LogP contribution in [-0.2, 0) is 4.79 Å². The van der Waals surface area contributed by atoms with Gasteiger partial charge in [0.05, 0.1) is 16.6 Å². The van der Waals surface area contributed by atoms with Crippen molar-refractivity contribution in [3.05, 3.63) is 53.1 Å². The summed E-state index contributed by atoms with van der Waals surface area (Å²) in [6, 6.07) is 13.1. The summed E-state index contributed by atoms with van der Waals surface area (Å²) in [6.45, 7) is 0. The van der Waals surface area contributed by atoms with E-state index in [0.29, 0.717) is 16.4 Å². The molecule has 20 heavy (non-hydrogen) atoms. The maximum atomic E-state index is 12.4. The molecule has 1 atom stereocenters. The summed E-state index contributed by atoms with van der Waals surface area (Å²) in [4.78, 5) is 13.6. The van der Waals surface area contributed by atoms with Crippen LogP contribution in [0.2, 0.25) is 5.02 Å². The Labute approximate surface area is 126 Å². The molecule has 2 aromatic carbocycles. The zero-order valence-corrected chi connectivity index (χ0v) is 12.2. The Morgan fingerprint density at radius 1 is 1.30 bits per heavy atom. The van der Waals surface area contributed by atoms with Gasteiger partial charge in [-0.3, -0.25) is 4.79 Å². The second-order valence-electron chi connectivity index (χ2n) is 4.63. The molecule has 0 spiro atoms. The van der Waals surface area contributed by atoms with Crippen molar-refractivity contribution in [1.29, 1.82) is 0 Å². The van der Waals surface area contributed by atoms with Gasteiger partial charge in [-0.05, 0) is 29.8 Å². The minimum Gasteiger partial charge on any atom is -0.397 e. The highest BCUT2D eigenvalue weighted by atomic mass is 35.5. The van der Waals surface area contributed by atoms with Crippen LogP contribution in [0, 0.1) is 0 Å². The fourth-order valence-electron chi connectivity index (χ4n) is 2.23. The third kappa shape index (κ3) is 2.49. The SMILES string of the molecule is Nc1cc(NC(=O)C2CSc3ccccc32)ccc1Cl. The summed E-state index contributed by atoms with van der Waals surface area (Å²) in [5, 5.41) is 3.39. The highest BCUT2D eigenvalue weighted by Gasteiger charge is 2.28. The van der Waals surface area contributed by atoms with Crippen LogP contribution in [0.3, 0.4) is 0 Å². The van der Waals surface area contributed by atoms with Gasteiger partial charge < -0.3 is 11.1 Å². The summed E-state index contributed by atoms with van der Waals surface area (Å²) in [7, 11) is 0. The van der Waals surface area contributed by atoms with Crippen LogP contribution in [0.4, 0.5) is 11.4 Å². The maximum absolute atomic E-state index is 12.4. The van der Waals surface area contributed by atoms with E-state index < -0.39 is 0 Å². The number of benzene rings is 2. The molecule has 5 heteroatoms. The van der Waals surface area contributed by atoms with Crippen molar-refractivity contribution in [2.45, 2.75) is 10.8 Å². The Morgan fingerprint density at radius 2 is 2.10 bits per heavy atom. The van der Waals surface area contributed by atoms with E-state index in [1.54, 1.807) is 30.0 Å². The van der Waals surface area contributed by atoms with E-state index in [0.717, 1.165) is 11.3 Å². The molecule has 0 radical (unpaired) electrons. The first kappa shape index (κ1) is 13.3. The minimum atomic E-state index is -0.117. The summed E-state index contributed by atoms with van der Waals surface area (Å²) in [5.74, 6) is 0.645. The zero-order chi connectivity index (χ0) is 14.1.